The first-order valence-corrected chi connectivity index (χ1v) is 12.3. The monoisotopic (exact) mass is 447 g/mol. The molecule has 0 saturated heterocycles. The van der Waals surface area contributed by atoms with Gasteiger partial charge in [0.15, 0.2) is 9.84 Å². The normalized spacial score (nSPS) is 13.4. The van der Waals surface area contributed by atoms with Crippen molar-refractivity contribution in [2.45, 2.75) is 38.3 Å². The summed E-state index contributed by atoms with van der Waals surface area (Å²) >= 11 is 0. The molecule has 1 aliphatic rings. The zero-order valence-corrected chi connectivity index (χ0v) is 19.2. The van der Waals surface area contributed by atoms with Gasteiger partial charge in [0.25, 0.3) is 0 Å². The second-order valence-electron chi connectivity index (χ2n) is 8.18. The van der Waals surface area contributed by atoms with Gasteiger partial charge in [0.1, 0.15) is 18.2 Å². The zero-order chi connectivity index (χ0) is 22.9. The van der Waals surface area contributed by atoms with Crippen molar-refractivity contribution in [2.75, 3.05) is 23.0 Å². The molecule has 1 N–H and O–H groups in total. The summed E-state index contributed by atoms with van der Waals surface area (Å²) in [6.45, 7) is 5.59. The van der Waals surface area contributed by atoms with Gasteiger partial charge in [-0.15, -0.1) is 0 Å². The molecule has 3 aromatic rings. The van der Waals surface area contributed by atoms with Crippen molar-refractivity contribution in [3.8, 4) is 6.07 Å². The molecule has 4 rings (SSSR count). The number of sulfone groups is 1. The van der Waals surface area contributed by atoms with Crippen LogP contribution >= 0.6 is 0 Å². The van der Waals surface area contributed by atoms with Crippen LogP contribution in [0, 0.1) is 25.2 Å². The summed E-state index contributed by atoms with van der Waals surface area (Å²) in [6.07, 6.45) is 3.54. The Hall–Kier alpha value is -3.44. The van der Waals surface area contributed by atoms with Crippen LogP contribution in [-0.2, 0) is 29.3 Å². The summed E-state index contributed by atoms with van der Waals surface area (Å²) in [5, 5.41) is 12.9. The van der Waals surface area contributed by atoms with Crippen LogP contribution in [0.3, 0.4) is 0 Å². The molecular weight excluding hydrogens is 422 g/mol. The van der Waals surface area contributed by atoms with Crippen LogP contribution in [0.5, 0.6) is 0 Å². The maximum atomic E-state index is 12.0. The van der Waals surface area contributed by atoms with Crippen LogP contribution in [0.4, 0.5) is 11.5 Å². The number of rotatable bonds is 5. The van der Waals surface area contributed by atoms with Gasteiger partial charge < -0.3 is 10.2 Å². The lowest BCUT2D eigenvalue weighted by Gasteiger charge is -2.31. The number of nitrogens with zero attached hydrogens (tertiary/aromatic N) is 4. The van der Waals surface area contributed by atoms with Gasteiger partial charge >= 0.3 is 0 Å². The largest absolute Gasteiger partial charge is 0.366 e. The molecule has 0 aliphatic carbocycles. The number of anilines is 2. The molecule has 2 aromatic carbocycles. The fourth-order valence-electron chi connectivity index (χ4n) is 4.05. The van der Waals surface area contributed by atoms with Crippen molar-refractivity contribution < 1.29 is 8.42 Å². The topological polar surface area (TPSA) is 99.0 Å². The standard InChI is InChI=1S/C24H25N5O2S/c1-16-4-7-22(19(10-16)12-25)29-9-8-21-20(14-29)24(28-15-27-21)26-13-18-6-5-17(2)23(11-18)32(3,30)31/h4-7,10-11,15H,8-9,13-14H2,1-3H3,(H,26,27,28). The first kappa shape index (κ1) is 21.8. The second-order valence-corrected chi connectivity index (χ2v) is 10.2. The van der Waals surface area contributed by atoms with Crippen molar-refractivity contribution in [3.05, 3.63) is 76.2 Å². The van der Waals surface area contributed by atoms with Crippen molar-refractivity contribution in [2.24, 2.45) is 0 Å². The summed E-state index contributed by atoms with van der Waals surface area (Å²) in [5.41, 5.74) is 6.21. The number of hydrogen-bond donors (Lipinski definition) is 1. The summed E-state index contributed by atoms with van der Waals surface area (Å²) in [6, 6.07) is 13.7. The fraction of sp³-hybridized carbons (Fsp3) is 0.292. The van der Waals surface area contributed by atoms with E-state index in [1.54, 1.807) is 19.3 Å². The molecule has 0 unspecified atom stereocenters. The third-order valence-corrected chi connectivity index (χ3v) is 6.97. The Labute approximate surface area is 188 Å². The Kier molecular flexibility index (Phi) is 5.85. The minimum absolute atomic E-state index is 0.344. The molecule has 0 atom stereocenters. The number of nitrogens with one attached hydrogen (secondary N) is 1. The van der Waals surface area contributed by atoms with E-state index in [-0.39, 0.29) is 0 Å². The molecule has 32 heavy (non-hydrogen) atoms. The summed E-state index contributed by atoms with van der Waals surface area (Å²) in [4.78, 5) is 11.4. The molecular formula is C24H25N5O2S. The fourth-order valence-corrected chi connectivity index (χ4v) is 5.07. The maximum Gasteiger partial charge on any atom is 0.175 e. The molecule has 1 aromatic heterocycles. The zero-order valence-electron chi connectivity index (χ0n) is 18.4. The Bertz CT molecular complexity index is 1330. The van der Waals surface area contributed by atoms with Crippen molar-refractivity contribution in [3.63, 3.8) is 0 Å². The molecule has 0 amide bonds. The number of fused-ring (bicyclic) bond motifs is 1. The minimum atomic E-state index is -3.29. The Morgan fingerprint density at radius 1 is 1.16 bits per heavy atom. The Morgan fingerprint density at radius 2 is 1.97 bits per heavy atom. The van der Waals surface area contributed by atoms with Crippen molar-refractivity contribution in [1.29, 1.82) is 5.26 Å². The quantitative estimate of drug-likeness (QED) is 0.639. The summed E-state index contributed by atoms with van der Waals surface area (Å²) in [7, 11) is -3.29. The van der Waals surface area contributed by atoms with Crippen molar-refractivity contribution >= 4 is 21.3 Å². The number of benzene rings is 2. The van der Waals surface area contributed by atoms with E-state index >= 15 is 0 Å². The molecule has 7 nitrogen and oxygen atoms in total. The number of hydrogen-bond acceptors (Lipinski definition) is 7. The first-order valence-electron chi connectivity index (χ1n) is 10.4. The SMILES string of the molecule is Cc1ccc(N2CCc3ncnc(NCc4ccc(C)c(S(C)(=O)=O)c4)c3C2)c(C#N)c1. The predicted octanol–water partition coefficient (Wildman–Crippen LogP) is 3.54. The molecule has 164 valence electrons. The lowest BCUT2D eigenvalue weighted by Crippen LogP contribution is -2.32. The van der Waals surface area contributed by atoms with Crippen LogP contribution in [0.25, 0.3) is 0 Å². The van der Waals surface area contributed by atoms with Crippen LogP contribution in [0.2, 0.25) is 0 Å². The van der Waals surface area contributed by atoms with E-state index < -0.39 is 9.84 Å². The predicted molar refractivity (Wildman–Crippen MR) is 124 cm³/mol. The molecule has 2 heterocycles. The molecule has 0 spiro atoms. The van der Waals surface area contributed by atoms with Gasteiger partial charge in [0.05, 0.1) is 21.8 Å². The average Bonchev–Trinajstić information content (AvgIpc) is 2.77. The van der Waals surface area contributed by atoms with Gasteiger partial charge in [0, 0.05) is 37.9 Å². The van der Waals surface area contributed by atoms with Crippen LogP contribution in [-0.4, -0.2) is 31.2 Å². The van der Waals surface area contributed by atoms with E-state index in [9.17, 15) is 13.7 Å². The summed E-state index contributed by atoms with van der Waals surface area (Å²) < 4.78 is 24.1. The highest BCUT2D eigenvalue weighted by molar-refractivity contribution is 7.90. The van der Waals surface area contributed by atoms with E-state index in [1.165, 1.54) is 6.26 Å². The first-order chi connectivity index (χ1) is 15.3. The van der Waals surface area contributed by atoms with Crippen LogP contribution in [0.15, 0.2) is 47.6 Å². The van der Waals surface area contributed by atoms with E-state index in [2.05, 4.69) is 26.3 Å². The summed E-state index contributed by atoms with van der Waals surface area (Å²) in [5.74, 6) is 0.729. The minimum Gasteiger partial charge on any atom is -0.366 e. The van der Waals surface area contributed by atoms with Crippen LogP contribution < -0.4 is 10.2 Å². The molecule has 0 bridgehead atoms. The lowest BCUT2D eigenvalue weighted by molar-refractivity contribution is 0.601. The Balaban J connectivity index is 1.59. The van der Waals surface area contributed by atoms with E-state index in [1.807, 2.05) is 37.3 Å². The number of nitriles is 1. The second kappa shape index (κ2) is 8.60. The Morgan fingerprint density at radius 3 is 2.72 bits per heavy atom. The van der Waals surface area contributed by atoms with Gasteiger partial charge in [-0.25, -0.2) is 18.4 Å². The van der Waals surface area contributed by atoms with E-state index in [4.69, 9.17) is 0 Å². The molecule has 0 saturated carbocycles. The van der Waals surface area contributed by atoms with Crippen LogP contribution in [0.1, 0.15) is 33.5 Å². The molecule has 0 fully saturated rings. The van der Waals surface area contributed by atoms with Crippen molar-refractivity contribution in [1.82, 2.24) is 9.97 Å². The molecule has 1 aliphatic heterocycles. The number of aryl methyl sites for hydroxylation is 2. The smallest absolute Gasteiger partial charge is 0.175 e. The molecule has 0 radical (unpaired) electrons. The van der Waals surface area contributed by atoms with Gasteiger partial charge in [-0.1, -0.05) is 18.2 Å². The van der Waals surface area contributed by atoms with E-state index in [0.29, 0.717) is 23.5 Å². The van der Waals surface area contributed by atoms with Gasteiger partial charge in [-0.2, -0.15) is 5.26 Å². The van der Waals surface area contributed by atoms with Gasteiger partial charge in [-0.3, -0.25) is 0 Å². The molecule has 8 heteroatoms. The highest BCUT2D eigenvalue weighted by Gasteiger charge is 2.23. The van der Waals surface area contributed by atoms with Gasteiger partial charge in [0.2, 0.25) is 0 Å². The highest BCUT2D eigenvalue weighted by atomic mass is 32.2. The lowest BCUT2D eigenvalue weighted by atomic mass is 10.0. The highest BCUT2D eigenvalue weighted by Crippen LogP contribution is 2.30. The van der Waals surface area contributed by atoms with E-state index in [0.717, 1.165) is 52.4 Å². The third kappa shape index (κ3) is 4.43. The van der Waals surface area contributed by atoms with Gasteiger partial charge in [-0.05, 0) is 48.7 Å². The number of aromatic nitrogens is 2. The maximum absolute atomic E-state index is 12.0. The average molecular weight is 448 g/mol. The third-order valence-electron chi connectivity index (χ3n) is 5.73.